The Morgan fingerprint density at radius 3 is 2.53 bits per heavy atom. The van der Waals surface area contributed by atoms with Gasteiger partial charge in [0.2, 0.25) is 15.8 Å². The summed E-state index contributed by atoms with van der Waals surface area (Å²) in [4.78, 5) is 11.1. The molecule has 0 heterocycles. The molecule has 2 aliphatic carbocycles. The van der Waals surface area contributed by atoms with Crippen molar-refractivity contribution in [2.45, 2.75) is 24.7 Å². The molecule has 0 aromatic heterocycles. The maximum atomic E-state index is 15.0. The van der Waals surface area contributed by atoms with Gasteiger partial charge in [0.25, 0.3) is 0 Å². The molecule has 0 aromatic carbocycles. The number of sulfonamides is 1. The molecule has 0 spiro atoms. The zero-order chi connectivity index (χ0) is 14.4. The van der Waals surface area contributed by atoms with Crippen LogP contribution >= 0.6 is 0 Å². The number of rotatable bonds is 4. The number of hydrogen-bond donors (Lipinski definition) is 1. The van der Waals surface area contributed by atoms with Crippen LogP contribution in [0.3, 0.4) is 0 Å². The fraction of sp³-hybridized carbons (Fsp3) is 0.545. The Hall–Kier alpha value is -1.28. The van der Waals surface area contributed by atoms with Gasteiger partial charge in [-0.3, -0.25) is 4.79 Å². The topological polar surface area (TPSA) is 74.7 Å². The van der Waals surface area contributed by atoms with Gasteiger partial charge in [0, 0.05) is 6.04 Å². The minimum atomic E-state index is -4.00. The monoisotopic (exact) mass is 293 g/mol. The largest absolute Gasteiger partial charge is 0.481 e. The van der Waals surface area contributed by atoms with Crippen molar-refractivity contribution in [2.75, 3.05) is 6.26 Å². The summed E-state index contributed by atoms with van der Waals surface area (Å²) >= 11 is 0. The summed E-state index contributed by atoms with van der Waals surface area (Å²) in [6, 6.07) is -0.614. The van der Waals surface area contributed by atoms with E-state index in [1.165, 1.54) is 0 Å². The standard InChI is InChI=1S/C11H13F2NO4S/c1-19(17,18)14(7-4-5-7)11(13)6-2-3-8(12)9(11)10(15)16/h2-3,6-7,9H,4-5H2,1H3,(H,15,16). The van der Waals surface area contributed by atoms with E-state index in [0.717, 1.165) is 24.5 Å². The molecule has 1 N–H and O–H groups in total. The second kappa shape index (κ2) is 4.38. The molecule has 0 aliphatic heterocycles. The Morgan fingerprint density at radius 1 is 1.53 bits per heavy atom. The smallest absolute Gasteiger partial charge is 0.318 e. The van der Waals surface area contributed by atoms with E-state index in [0.29, 0.717) is 17.1 Å². The highest BCUT2D eigenvalue weighted by molar-refractivity contribution is 7.88. The molecule has 0 bridgehead atoms. The molecule has 2 aliphatic rings. The SMILES string of the molecule is CS(=O)(=O)N(C1CC1)C1(F)C=CC=C(F)C1C(=O)O. The van der Waals surface area contributed by atoms with Crippen LogP contribution in [-0.4, -0.2) is 41.9 Å². The van der Waals surface area contributed by atoms with Crippen molar-refractivity contribution in [3.8, 4) is 0 Å². The zero-order valence-corrected chi connectivity index (χ0v) is 10.9. The van der Waals surface area contributed by atoms with Crippen molar-refractivity contribution in [3.05, 3.63) is 24.1 Å². The molecule has 0 amide bonds. The van der Waals surface area contributed by atoms with Gasteiger partial charge in [-0.05, 0) is 25.0 Å². The first-order valence-corrected chi connectivity index (χ1v) is 7.49. The van der Waals surface area contributed by atoms with Gasteiger partial charge in [-0.15, -0.1) is 0 Å². The molecule has 2 atom stereocenters. The third kappa shape index (κ3) is 2.42. The predicted octanol–water partition coefficient (Wildman–Crippen LogP) is 1.20. The lowest BCUT2D eigenvalue weighted by Gasteiger charge is -2.38. The summed E-state index contributed by atoms with van der Waals surface area (Å²) in [7, 11) is -4.00. The molecule has 1 saturated carbocycles. The first kappa shape index (κ1) is 14.1. The van der Waals surface area contributed by atoms with Gasteiger partial charge in [-0.1, -0.05) is 6.08 Å². The van der Waals surface area contributed by atoms with Crippen molar-refractivity contribution in [1.82, 2.24) is 4.31 Å². The fourth-order valence-corrected chi connectivity index (χ4v) is 3.69. The highest BCUT2D eigenvalue weighted by Gasteiger charge is 2.57. The van der Waals surface area contributed by atoms with E-state index in [4.69, 9.17) is 5.11 Å². The number of carboxylic acids is 1. The van der Waals surface area contributed by atoms with Crippen LogP contribution in [-0.2, 0) is 14.8 Å². The van der Waals surface area contributed by atoms with Crippen molar-refractivity contribution in [1.29, 1.82) is 0 Å². The number of hydrogen-bond acceptors (Lipinski definition) is 3. The van der Waals surface area contributed by atoms with Crippen LogP contribution in [0.4, 0.5) is 8.78 Å². The van der Waals surface area contributed by atoms with E-state index >= 15 is 0 Å². The Kier molecular flexibility index (Phi) is 3.26. The minimum absolute atomic E-state index is 0.435. The first-order valence-electron chi connectivity index (χ1n) is 5.64. The molecule has 0 aromatic rings. The van der Waals surface area contributed by atoms with E-state index in [1.807, 2.05) is 0 Å². The van der Waals surface area contributed by atoms with Gasteiger partial charge in [0.15, 0.2) is 5.92 Å². The Balaban J connectivity index is 2.52. The van der Waals surface area contributed by atoms with Gasteiger partial charge < -0.3 is 5.11 Å². The average molecular weight is 293 g/mol. The highest BCUT2D eigenvalue weighted by atomic mass is 32.2. The number of carbonyl (C=O) groups is 1. The number of halogens is 2. The lowest BCUT2D eigenvalue weighted by molar-refractivity contribution is -0.148. The van der Waals surface area contributed by atoms with Crippen LogP contribution in [0.1, 0.15) is 12.8 Å². The fourth-order valence-electron chi connectivity index (χ4n) is 2.27. The molecule has 2 rings (SSSR count). The molecule has 19 heavy (non-hydrogen) atoms. The van der Waals surface area contributed by atoms with E-state index in [9.17, 15) is 22.0 Å². The van der Waals surface area contributed by atoms with Gasteiger partial charge >= 0.3 is 5.97 Å². The highest BCUT2D eigenvalue weighted by Crippen LogP contribution is 2.44. The van der Waals surface area contributed by atoms with Crippen LogP contribution in [0.15, 0.2) is 24.1 Å². The summed E-state index contributed by atoms with van der Waals surface area (Å²) in [6.07, 6.45) is 4.26. The zero-order valence-electron chi connectivity index (χ0n) is 10.1. The van der Waals surface area contributed by atoms with Crippen molar-refractivity contribution in [2.24, 2.45) is 5.92 Å². The van der Waals surface area contributed by atoms with E-state index in [2.05, 4.69) is 0 Å². The lowest BCUT2D eigenvalue weighted by atomic mass is 9.91. The molecule has 8 heteroatoms. The summed E-state index contributed by atoms with van der Waals surface area (Å²) in [5, 5.41) is 8.98. The average Bonchev–Trinajstić information content (AvgIpc) is 2.97. The molecule has 0 saturated heterocycles. The van der Waals surface area contributed by atoms with Crippen LogP contribution in [0.25, 0.3) is 0 Å². The summed E-state index contributed by atoms with van der Waals surface area (Å²) in [5.74, 6) is -8.02. The van der Waals surface area contributed by atoms with Crippen molar-refractivity contribution >= 4 is 16.0 Å². The first-order chi connectivity index (χ1) is 8.68. The summed E-state index contributed by atoms with van der Waals surface area (Å²) in [5.41, 5.74) is 0. The molecular formula is C11H13F2NO4S. The third-order valence-corrected chi connectivity index (χ3v) is 4.38. The normalized spacial score (nSPS) is 31.4. The number of allylic oxidation sites excluding steroid dienone is 2. The van der Waals surface area contributed by atoms with E-state index in [-0.39, 0.29) is 0 Å². The number of aliphatic carboxylic acids is 1. The quantitative estimate of drug-likeness (QED) is 0.790. The molecule has 0 radical (unpaired) electrons. The minimum Gasteiger partial charge on any atom is -0.481 e. The van der Waals surface area contributed by atoms with Gasteiger partial charge in [-0.25, -0.2) is 17.2 Å². The Labute approximate surface area is 109 Å². The van der Waals surface area contributed by atoms with Gasteiger partial charge in [0.1, 0.15) is 5.83 Å². The Bertz CT molecular complexity index is 567. The molecular weight excluding hydrogens is 280 g/mol. The van der Waals surface area contributed by atoms with E-state index < -0.39 is 39.6 Å². The van der Waals surface area contributed by atoms with Crippen LogP contribution < -0.4 is 0 Å². The number of carboxylic acid groups (broad SMARTS) is 1. The molecule has 5 nitrogen and oxygen atoms in total. The van der Waals surface area contributed by atoms with Crippen LogP contribution in [0, 0.1) is 5.92 Å². The maximum absolute atomic E-state index is 15.0. The second-order valence-electron chi connectivity index (χ2n) is 4.70. The van der Waals surface area contributed by atoms with Gasteiger partial charge in [0.05, 0.1) is 6.26 Å². The number of nitrogens with zero attached hydrogens (tertiary/aromatic N) is 1. The van der Waals surface area contributed by atoms with Gasteiger partial charge in [-0.2, -0.15) is 4.31 Å². The molecule has 1 fully saturated rings. The summed E-state index contributed by atoms with van der Waals surface area (Å²) in [6.45, 7) is 0. The van der Waals surface area contributed by atoms with Crippen LogP contribution in [0.5, 0.6) is 0 Å². The lowest BCUT2D eigenvalue weighted by Crippen LogP contribution is -2.55. The molecule has 106 valence electrons. The van der Waals surface area contributed by atoms with Crippen molar-refractivity contribution in [3.63, 3.8) is 0 Å². The number of alkyl halides is 1. The van der Waals surface area contributed by atoms with Crippen molar-refractivity contribution < 1.29 is 27.1 Å². The third-order valence-electron chi connectivity index (χ3n) is 3.09. The summed E-state index contributed by atoms with van der Waals surface area (Å²) < 4.78 is 52.5. The predicted molar refractivity (Wildman–Crippen MR) is 63.0 cm³/mol. The Morgan fingerprint density at radius 2 is 2.11 bits per heavy atom. The maximum Gasteiger partial charge on any atom is 0.318 e. The van der Waals surface area contributed by atoms with E-state index in [1.54, 1.807) is 0 Å². The van der Waals surface area contributed by atoms with Crippen LogP contribution in [0.2, 0.25) is 0 Å². The molecule has 2 unspecified atom stereocenters. The second-order valence-corrected chi connectivity index (χ2v) is 6.56.